The maximum Gasteiger partial charge on any atom is 0.416 e. The maximum atomic E-state index is 12.8. The summed E-state index contributed by atoms with van der Waals surface area (Å²) in [6.07, 6.45) is -1.28. The Labute approximate surface area is 129 Å². The molecule has 0 amide bonds. The highest BCUT2D eigenvalue weighted by molar-refractivity contribution is 5.47. The van der Waals surface area contributed by atoms with Crippen molar-refractivity contribution in [2.75, 3.05) is 18.0 Å². The van der Waals surface area contributed by atoms with Crippen LogP contribution >= 0.6 is 0 Å². The van der Waals surface area contributed by atoms with E-state index >= 15 is 0 Å². The third kappa shape index (κ3) is 2.39. The molecular weight excluding hydrogens is 307 g/mol. The fourth-order valence-electron chi connectivity index (χ4n) is 2.73. The van der Waals surface area contributed by atoms with E-state index in [2.05, 4.69) is 15.2 Å². The molecule has 3 aromatic heterocycles. The number of alkyl halides is 3. The van der Waals surface area contributed by atoms with E-state index < -0.39 is 11.7 Å². The third-order valence-electron chi connectivity index (χ3n) is 3.98. The molecule has 8 heteroatoms. The van der Waals surface area contributed by atoms with Crippen molar-refractivity contribution in [2.45, 2.75) is 12.1 Å². The van der Waals surface area contributed by atoms with E-state index in [1.165, 1.54) is 6.20 Å². The van der Waals surface area contributed by atoms with Gasteiger partial charge in [0.05, 0.1) is 11.5 Å². The van der Waals surface area contributed by atoms with Crippen molar-refractivity contribution < 1.29 is 13.2 Å². The van der Waals surface area contributed by atoms with Gasteiger partial charge in [0.15, 0.2) is 5.65 Å². The average Bonchev–Trinajstić information content (AvgIpc) is 2.89. The molecular formula is C15H12F3N5. The van der Waals surface area contributed by atoms with Crippen LogP contribution < -0.4 is 4.90 Å². The van der Waals surface area contributed by atoms with Gasteiger partial charge in [-0.3, -0.25) is 4.40 Å². The first-order chi connectivity index (χ1) is 11.0. The van der Waals surface area contributed by atoms with Gasteiger partial charge in [-0.15, -0.1) is 10.2 Å². The monoisotopic (exact) mass is 319 g/mol. The molecule has 0 unspecified atom stereocenters. The molecule has 1 fully saturated rings. The van der Waals surface area contributed by atoms with E-state index in [-0.39, 0.29) is 5.92 Å². The Kier molecular flexibility index (Phi) is 3.00. The quantitative estimate of drug-likeness (QED) is 0.729. The maximum absolute atomic E-state index is 12.8. The van der Waals surface area contributed by atoms with Crippen LogP contribution in [-0.4, -0.2) is 32.7 Å². The summed E-state index contributed by atoms with van der Waals surface area (Å²) in [5, 5.41) is 8.28. The van der Waals surface area contributed by atoms with Crippen molar-refractivity contribution in [3.8, 4) is 0 Å². The van der Waals surface area contributed by atoms with Gasteiger partial charge in [0.1, 0.15) is 11.6 Å². The standard InChI is InChI=1S/C15H12F3N5/c16-15(17,18)11-4-5-19-13(7-11)22-8-10(9-22)14-21-20-12-3-1-2-6-23(12)14/h1-7,10H,8-9H2. The second-order valence-corrected chi connectivity index (χ2v) is 5.49. The Bertz CT molecular complexity index is 851. The molecule has 1 saturated heterocycles. The van der Waals surface area contributed by atoms with Crippen molar-refractivity contribution in [1.82, 2.24) is 19.6 Å². The molecule has 0 radical (unpaired) electrons. The molecule has 118 valence electrons. The first kappa shape index (κ1) is 14.0. The number of pyridine rings is 2. The molecule has 0 spiro atoms. The number of hydrogen-bond donors (Lipinski definition) is 0. The second-order valence-electron chi connectivity index (χ2n) is 5.49. The van der Waals surface area contributed by atoms with Gasteiger partial charge in [-0.25, -0.2) is 4.98 Å². The Hall–Kier alpha value is -2.64. The summed E-state index contributed by atoms with van der Waals surface area (Å²) in [5.41, 5.74) is 0.0806. The molecule has 1 aliphatic rings. The Balaban J connectivity index is 1.54. The number of rotatable bonds is 2. The molecule has 0 aliphatic carbocycles. The lowest BCUT2D eigenvalue weighted by molar-refractivity contribution is -0.137. The zero-order valence-corrected chi connectivity index (χ0v) is 11.9. The van der Waals surface area contributed by atoms with Crippen LogP contribution in [0.3, 0.4) is 0 Å². The molecule has 5 nitrogen and oxygen atoms in total. The van der Waals surface area contributed by atoms with Gasteiger partial charge in [0.2, 0.25) is 0 Å². The number of fused-ring (bicyclic) bond motifs is 1. The highest BCUT2D eigenvalue weighted by atomic mass is 19.4. The summed E-state index contributed by atoms with van der Waals surface area (Å²) < 4.78 is 40.2. The molecule has 23 heavy (non-hydrogen) atoms. The number of aromatic nitrogens is 4. The lowest BCUT2D eigenvalue weighted by Gasteiger charge is -2.39. The first-order valence-corrected chi connectivity index (χ1v) is 7.10. The van der Waals surface area contributed by atoms with Crippen LogP contribution in [0.1, 0.15) is 17.3 Å². The van der Waals surface area contributed by atoms with Gasteiger partial charge in [0, 0.05) is 25.5 Å². The summed E-state index contributed by atoms with van der Waals surface area (Å²) in [6, 6.07) is 7.70. The minimum atomic E-state index is -4.36. The number of halogens is 3. The minimum absolute atomic E-state index is 0.128. The molecule has 0 N–H and O–H groups in total. The largest absolute Gasteiger partial charge is 0.416 e. The predicted molar refractivity (Wildman–Crippen MR) is 77.2 cm³/mol. The lowest BCUT2D eigenvalue weighted by atomic mass is 9.99. The second kappa shape index (κ2) is 4.94. The van der Waals surface area contributed by atoms with E-state index in [0.717, 1.165) is 23.6 Å². The summed E-state index contributed by atoms with van der Waals surface area (Å²) in [4.78, 5) is 5.85. The van der Waals surface area contributed by atoms with E-state index in [0.29, 0.717) is 18.9 Å². The Morgan fingerprint density at radius 2 is 1.91 bits per heavy atom. The van der Waals surface area contributed by atoms with Gasteiger partial charge in [-0.05, 0) is 24.3 Å². The summed E-state index contributed by atoms with van der Waals surface area (Å²) in [7, 11) is 0. The van der Waals surface area contributed by atoms with E-state index in [1.807, 2.05) is 33.7 Å². The number of anilines is 1. The normalized spacial score (nSPS) is 15.9. The summed E-state index contributed by atoms with van der Waals surface area (Å²) in [6.45, 7) is 1.15. The minimum Gasteiger partial charge on any atom is -0.355 e. The van der Waals surface area contributed by atoms with Crippen LogP contribution in [0.4, 0.5) is 19.0 Å². The van der Waals surface area contributed by atoms with Crippen LogP contribution in [0.2, 0.25) is 0 Å². The molecule has 1 aliphatic heterocycles. The van der Waals surface area contributed by atoms with Gasteiger partial charge in [0.25, 0.3) is 0 Å². The Morgan fingerprint density at radius 3 is 2.70 bits per heavy atom. The van der Waals surface area contributed by atoms with Crippen LogP contribution in [0.25, 0.3) is 5.65 Å². The molecule has 3 aromatic rings. The van der Waals surface area contributed by atoms with Crippen LogP contribution in [0, 0.1) is 0 Å². The molecule has 4 heterocycles. The lowest BCUT2D eigenvalue weighted by Crippen LogP contribution is -2.46. The van der Waals surface area contributed by atoms with Crippen molar-refractivity contribution in [1.29, 1.82) is 0 Å². The van der Waals surface area contributed by atoms with Gasteiger partial charge in [-0.2, -0.15) is 13.2 Å². The average molecular weight is 319 g/mol. The molecule has 0 saturated carbocycles. The van der Waals surface area contributed by atoms with Crippen molar-refractivity contribution in [2.24, 2.45) is 0 Å². The van der Waals surface area contributed by atoms with Gasteiger partial charge < -0.3 is 4.90 Å². The highest BCUT2D eigenvalue weighted by Crippen LogP contribution is 2.34. The van der Waals surface area contributed by atoms with Gasteiger partial charge >= 0.3 is 6.18 Å². The number of hydrogen-bond acceptors (Lipinski definition) is 4. The van der Waals surface area contributed by atoms with Crippen LogP contribution in [0.5, 0.6) is 0 Å². The smallest absolute Gasteiger partial charge is 0.355 e. The predicted octanol–water partition coefficient (Wildman–Crippen LogP) is 2.75. The zero-order valence-electron chi connectivity index (χ0n) is 11.9. The zero-order chi connectivity index (χ0) is 16.0. The van der Waals surface area contributed by atoms with Crippen LogP contribution in [-0.2, 0) is 6.18 Å². The van der Waals surface area contributed by atoms with E-state index in [1.54, 1.807) is 0 Å². The third-order valence-corrected chi connectivity index (χ3v) is 3.98. The summed E-state index contributed by atoms with van der Waals surface area (Å²) >= 11 is 0. The van der Waals surface area contributed by atoms with Crippen molar-refractivity contribution >= 4 is 11.5 Å². The van der Waals surface area contributed by atoms with E-state index in [4.69, 9.17) is 0 Å². The fraction of sp³-hybridized carbons (Fsp3) is 0.267. The highest BCUT2D eigenvalue weighted by Gasteiger charge is 2.35. The fourth-order valence-corrected chi connectivity index (χ4v) is 2.73. The van der Waals surface area contributed by atoms with Crippen molar-refractivity contribution in [3.05, 3.63) is 54.1 Å². The topological polar surface area (TPSA) is 46.3 Å². The van der Waals surface area contributed by atoms with Crippen LogP contribution in [0.15, 0.2) is 42.7 Å². The van der Waals surface area contributed by atoms with Gasteiger partial charge in [-0.1, -0.05) is 6.07 Å². The molecule has 0 atom stereocenters. The Morgan fingerprint density at radius 1 is 1.09 bits per heavy atom. The molecule has 4 rings (SSSR count). The summed E-state index contributed by atoms with van der Waals surface area (Å²) in [5.74, 6) is 1.29. The molecule has 0 bridgehead atoms. The number of nitrogens with zero attached hydrogens (tertiary/aromatic N) is 5. The van der Waals surface area contributed by atoms with E-state index in [9.17, 15) is 13.2 Å². The van der Waals surface area contributed by atoms with Crippen molar-refractivity contribution in [3.63, 3.8) is 0 Å². The molecule has 0 aromatic carbocycles. The first-order valence-electron chi connectivity index (χ1n) is 7.10. The SMILES string of the molecule is FC(F)(F)c1ccnc(N2CC(c3nnc4ccccn34)C2)c1.